The van der Waals surface area contributed by atoms with Gasteiger partial charge in [0, 0.05) is 0 Å². The van der Waals surface area contributed by atoms with E-state index in [0.29, 0.717) is 12.8 Å². The van der Waals surface area contributed by atoms with Crippen LogP contribution in [0.15, 0.2) is 12.7 Å². The van der Waals surface area contributed by atoms with Crippen LogP contribution in [0.2, 0.25) is 0 Å². The third-order valence-electron chi connectivity index (χ3n) is 5.25. The summed E-state index contributed by atoms with van der Waals surface area (Å²) in [5, 5.41) is 0. The second-order valence-corrected chi connectivity index (χ2v) is 7.30. The highest BCUT2D eigenvalue weighted by Crippen LogP contribution is 2.39. The van der Waals surface area contributed by atoms with Crippen LogP contribution in [0.1, 0.15) is 73.1 Å². The minimum absolute atomic E-state index is 0.102. The van der Waals surface area contributed by atoms with Crippen molar-refractivity contribution in [3.05, 3.63) is 12.7 Å². The monoisotopic (exact) mass is 324 g/mol. The van der Waals surface area contributed by atoms with Crippen LogP contribution in [0, 0.1) is 11.3 Å². The molecule has 0 bridgehead atoms. The third-order valence-corrected chi connectivity index (χ3v) is 5.25. The average Bonchev–Trinajstić information content (AvgIpc) is 2.87. The summed E-state index contributed by atoms with van der Waals surface area (Å²) in [7, 11) is 0. The molecule has 4 heteroatoms. The molecule has 4 nitrogen and oxygen atoms in total. The highest BCUT2D eigenvalue weighted by atomic mass is 16.6. The van der Waals surface area contributed by atoms with Crippen molar-refractivity contribution in [2.75, 3.05) is 0 Å². The molecule has 1 rings (SSSR count). The molecule has 0 saturated heterocycles. The minimum Gasteiger partial charge on any atom is -0.461 e. The molecule has 0 radical (unpaired) electrons. The molecule has 132 valence electrons. The molecule has 0 N–H and O–H groups in total. The van der Waals surface area contributed by atoms with E-state index in [1.54, 1.807) is 6.08 Å². The Labute approximate surface area is 140 Å². The molecule has 0 heterocycles. The van der Waals surface area contributed by atoms with Gasteiger partial charge in [0.15, 0.2) is 0 Å². The molecule has 1 aliphatic rings. The molecule has 0 aromatic rings. The summed E-state index contributed by atoms with van der Waals surface area (Å²) < 4.78 is 11.3. The Balaban J connectivity index is 2.63. The van der Waals surface area contributed by atoms with E-state index in [1.165, 1.54) is 0 Å². The lowest BCUT2D eigenvalue weighted by atomic mass is 9.90. The summed E-state index contributed by atoms with van der Waals surface area (Å²) in [6, 6.07) is 0. The molecule has 23 heavy (non-hydrogen) atoms. The van der Waals surface area contributed by atoms with Gasteiger partial charge in [-0.25, -0.2) is 0 Å². The first-order valence-corrected chi connectivity index (χ1v) is 8.77. The van der Waals surface area contributed by atoms with Crippen molar-refractivity contribution in [2.45, 2.75) is 84.8 Å². The van der Waals surface area contributed by atoms with Crippen molar-refractivity contribution >= 4 is 11.9 Å². The lowest BCUT2D eigenvalue weighted by molar-refractivity contribution is -0.168. The zero-order chi connectivity index (χ0) is 17.7. The van der Waals surface area contributed by atoms with Crippen LogP contribution >= 0.6 is 0 Å². The second-order valence-electron chi connectivity index (χ2n) is 7.30. The van der Waals surface area contributed by atoms with Gasteiger partial charge in [-0.3, -0.25) is 9.59 Å². The lowest BCUT2D eigenvalue weighted by Crippen LogP contribution is -2.37. The third kappa shape index (κ3) is 4.82. The van der Waals surface area contributed by atoms with Crippen LogP contribution in [-0.2, 0) is 19.1 Å². The fraction of sp³-hybridized carbons (Fsp3) is 0.789. The van der Waals surface area contributed by atoms with E-state index in [2.05, 4.69) is 13.5 Å². The molecule has 3 atom stereocenters. The van der Waals surface area contributed by atoms with Crippen LogP contribution in [0.4, 0.5) is 0 Å². The molecular weight excluding hydrogens is 292 g/mol. The number of carbonyl (C=O) groups excluding carboxylic acids is 2. The van der Waals surface area contributed by atoms with Crippen LogP contribution in [0.5, 0.6) is 0 Å². The van der Waals surface area contributed by atoms with Crippen LogP contribution in [-0.4, -0.2) is 23.6 Å². The predicted molar refractivity (Wildman–Crippen MR) is 90.9 cm³/mol. The van der Waals surface area contributed by atoms with Gasteiger partial charge >= 0.3 is 11.9 Å². The molecule has 3 unspecified atom stereocenters. The molecule has 0 spiro atoms. The summed E-state index contributed by atoms with van der Waals surface area (Å²) >= 11 is 0. The molecule has 0 aliphatic heterocycles. The van der Waals surface area contributed by atoms with Crippen LogP contribution < -0.4 is 0 Å². The summed E-state index contributed by atoms with van der Waals surface area (Å²) in [4.78, 5) is 24.5. The maximum Gasteiger partial charge on any atom is 0.311 e. The molecule has 1 saturated carbocycles. The van der Waals surface area contributed by atoms with Gasteiger partial charge in [-0.05, 0) is 57.9 Å². The SMILES string of the molecule is C=CC1(OC(=O)CC(CC)OC(=O)C(C)(C)CC)CCCC1C. The zero-order valence-electron chi connectivity index (χ0n) is 15.3. The van der Waals surface area contributed by atoms with E-state index in [0.717, 1.165) is 19.3 Å². The quantitative estimate of drug-likeness (QED) is 0.490. The number of esters is 2. The second kappa shape index (κ2) is 7.98. The Morgan fingerprint density at radius 2 is 2.04 bits per heavy atom. The highest BCUT2D eigenvalue weighted by Gasteiger charge is 2.41. The molecule has 0 aromatic carbocycles. The molecule has 0 amide bonds. The maximum absolute atomic E-state index is 12.3. The summed E-state index contributed by atoms with van der Waals surface area (Å²) in [6.07, 6.45) is 5.62. The fourth-order valence-corrected chi connectivity index (χ4v) is 2.84. The number of hydrogen-bond acceptors (Lipinski definition) is 4. The lowest BCUT2D eigenvalue weighted by Gasteiger charge is -2.31. The van der Waals surface area contributed by atoms with E-state index in [1.807, 2.05) is 27.7 Å². The summed E-state index contributed by atoms with van der Waals surface area (Å²) in [5.74, 6) is -0.287. The minimum atomic E-state index is -0.553. The number of hydrogen-bond donors (Lipinski definition) is 0. The van der Waals surface area contributed by atoms with Crippen LogP contribution in [0.25, 0.3) is 0 Å². The van der Waals surface area contributed by atoms with Gasteiger partial charge in [0.2, 0.25) is 0 Å². The van der Waals surface area contributed by atoms with Crippen molar-refractivity contribution in [3.8, 4) is 0 Å². The normalized spacial score (nSPS) is 25.7. The van der Waals surface area contributed by atoms with Crippen molar-refractivity contribution in [1.82, 2.24) is 0 Å². The van der Waals surface area contributed by atoms with E-state index < -0.39 is 17.1 Å². The topological polar surface area (TPSA) is 52.6 Å². The molecular formula is C19H32O4. The van der Waals surface area contributed by atoms with Gasteiger partial charge in [0.05, 0.1) is 11.8 Å². The first kappa shape index (κ1) is 19.7. The van der Waals surface area contributed by atoms with Gasteiger partial charge in [0.25, 0.3) is 0 Å². The Bertz CT molecular complexity index is 441. The highest BCUT2D eigenvalue weighted by molar-refractivity contribution is 5.77. The Kier molecular flexibility index (Phi) is 6.84. The van der Waals surface area contributed by atoms with Crippen molar-refractivity contribution in [3.63, 3.8) is 0 Å². The number of carbonyl (C=O) groups is 2. The van der Waals surface area contributed by atoms with Gasteiger partial charge in [0.1, 0.15) is 11.7 Å². The predicted octanol–water partition coefficient (Wildman–Crippen LogP) is 4.42. The molecule has 0 aromatic heterocycles. The standard InChI is InChI=1S/C19H32O4/c1-7-15(22-17(21)18(5,6)8-2)13-16(20)23-19(9-3)12-10-11-14(19)4/h9,14-15H,3,7-8,10-13H2,1-2,4-6H3. The first-order valence-electron chi connectivity index (χ1n) is 8.77. The Hall–Kier alpha value is -1.32. The Morgan fingerprint density at radius 1 is 1.39 bits per heavy atom. The number of rotatable bonds is 8. The fourth-order valence-electron chi connectivity index (χ4n) is 2.84. The van der Waals surface area contributed by atoms with Crippen molar-refractivity contribution < 1.29 is 19.1 Å². The summed E-state index contributed by atoms with van der Waals surface area (Å²) in [6.45, 7) is 13.5. The smallest absolute Gasteiger partial charge is 0.311 e. The molecule has 1 fully saturated rings. The van der Waals surface area contributed by atoms with Crippen LogP contribution in [0.3, 0.4) is 0 Å². The van der Waals surface area contributed by atoms with E-state index in [-0.39, 0.29) is 24.3 Å². The average molecular weight is 324 g/mol. The zero-order valence-corrected chi connectivity index (χ0v) is 15.3. The van der Waals surface area contributed by atoms with E-state index in [4.69, 9.17) is 9.47 Å². The molecule has 1 aliphatic carbocycles. The number of ether oxygens (including phenoxy) is 2. The Morgan fingerprint density at radius 3 is 2.48 bits per heavy atom. The van der Waals surface area contributed by atoms with Gasteiger partial charge in [-0.1, -0.05) is 27.4 Å². The van der Waals surface area contributed by atoms with E-state index in [9.17, 15) is 9.59 Å². The van der Waals surface area contributed by atoms with Gasteiger partial charge < -0.3 is 9.47 Å². The van der Waals surface area contributed by atoms with Gasteiger partial charge in [-0.15, -0.1) is 0 Å². The van der Waals surface area contributed by atoms with Crippen molar-refractivity contribution in [1.29, 1.82) is 0 Å². The van der Waals surface area contributed by atoms with E-state index >= 15 is 0 Å². The van der Waals surface area contributed by atoms with Crippen molar-refractivity contribution in [2.24, 2.45) is 11.3 Å². The summed E-state index contributed by atoms with van der Waals surface area (Å²) in [5.41, 5.74) is -1.08. The first-order chi connectivity index (χ1) is 10.7. The largest absolute Gasteiger partial charge is 0.461 e. The maximum atomic E-state index is 12.3. The van der Waals surface area contributed by atoms with Gasteiger partial charge in [-0.2, -0.15) is 0 Å².